The summed E-state index contributed by atoms with van der Waals surface area (Å²) in [5.74, 6) is -0.876. The second kappa shape index (κ2) is 7.49. The lowest BCUT2D eigenvalue weighted by Crippen LogP contribution is -2.26. The fourth-order valence-electron chi connectivity index (χ4n) is 2.36. The van der Waals surface area contributed by atoms with Gasteiger partial charge in [0.05, 0.1) is 6.54 Å². The van der Waals surface area contributed by atoms with Gasteiger partial charge in [-0.1, -0.05) is 29.8 Å². The van der Waals surface area contributed by atoms with Crippen LogP contribution in [0.1, 0.15) is 21.6 Å². The molecule has 0 aliphatic carbocycles. The van der Waals surface area contributed by atoms with Crippen LogP contribution in [0.4, 0.5) is 10.1 Å². The van der Waals surface area contributed by atoms with E-state index in [1.165, 1.54) is 24.3 Å². The fourth-order valence-corrected chi connectivity index (χ4v) is 2.54. The Morgan fingerprint density at radius 3 is 2.73 bits per heavy atom. The van der Waals surface area contributed by atoms with Gasteiger partial charge in [0.15, 0.2) is 0 Å². The van der Waals surface area contributed by atoms with E-state index in [-0.39, 0.29) is 17.8 Å². The van der Waals surface area contributed by atoms with Gasteiger partial charge in [0, 0.05) is 16.8 Å². The number of aromatic nitrogens is 2. The Morgan fingerprint density at radius 1 is 1.19 bits per heavy atom. The highest BCUT2D eigenvalue weighted by molar-refractivity contribution is 6.31. The molecule has 0 spiro atoms. The predicted octanol–water partition coefficient (Wildman–Crippen LogP) is 3.64. The molecule has 132 valence electrons. The molecule has 1 heterocycles. The molecule has 0 unspecified atom stereocenters. The van der Waals surface area contributed by atoms with Crippen molar-refractivity contribution < 1.29 is 9.18 Å². The third-order valence-corrected chi connectivity index (χ3v) is 4.16. The van der Waals surface area contributed by atoms with Crippen molar-refractivity contribution in [2.24, 2.45) is 0 Å². The Hall–Kier alpha value is -2.99. The Bertz CT molecular complexity index is 1030. The molecule has 0 saturated heterocycles. The van der Waals surface area contributed by atoms with Crippen LogP contribution in [-0.4, -0.2) is 15.7 Å². The summed E-state index contributed by atoms with van der Waals surface area (Å²) in [7, 11) is 0. The van der Waals surface area contributed by atoms with E-state index in [1.54, 1.807) is 30.3 Å². The van der Waals surface area contributed by atoms with E-state index in [0.717, 1.165) is 10.2 Å². The quantitative estimate of drug-likeness (QED) is 0.761. The summed E-state index contributed by atoms with van der Waals surface area (Å²) in [6.45, 7) is 1.92. The topological polar surface area (TPSA) is 64.0 Å². The third-order valence-electron chi connectivity index (χ3n) is 3.75. The van der Waals surface area contributed by atoms with Crippen molar-refractivity contribution in [2.75, 3.05) is 5.32 Å². The normalized spacial score (nSPS) is 10.6. The standard InChI is InChI=1S/C19H15ClFN3O2/c1-12-5-6-15(10-16(12)20)22-19(26)17-7-8-18(25)24(23-17)11-13-3-2-4-14(21)9-13/h2-10H,11H2,1H3,(H,22,26). The lowest BCUT2D eigenvalue weighted by atomic mass is 10.2. The number of aryl methyl sites for hydroxylation is 1. The van der Waals surface area contributed by atoms with Crippen LogP contribution in [-0.2, 0) is 6.54 Å². The van der Waals surface area contributed by atoms with E-state index < -0.39 is 11.7 Å². The third kappa shape index (κ3) is 4.15. The summed E-state index contributed by atoms with van der Waals surface area (Å²) in [5.41, 5.74) is 1.67. The van der Waals surface area contributed by atoms with Crippen molar-refractivity contribution in [3.05, 3.63) is 92.6 Å². The van der Waals surface area contributed by atoms with Crippen LogP contribution in [0, 0.1) is 12.7 Å². The minimum absolute atomic E-state index is 0.0636. The van der Waals surface area contributed by atoms with Gasteiger partial charge in [0.2, 0.25) is 0 Å². The van der Waals surface area contributed by atoms with Crippen molar-refractivity contribution in [1.82, 2.24) is 9.78 Å². The molecule has 7 heteroatoms. The van der Waals surface area contributed by atoms with Gasteiger partial charge in [0.1, 0.15) is 11.5 Å². The smallest absolute Gasteiger partial charge is 0.276 e. The average molecular weight is 372 g/mol. The number of nitrogens with one attached hydrogen (secondary N) is 1. The summed E-state index contributed by atoms with van der Waals surface area (Å²) >= 11 is 6.05. The predicted molar refractivity (Wildman–Crippen MR) is 98.1 cm³/mol. The largest absolute Gasteiger partial charge is 0.321 e. The summed E-state index contributed by atoms with van der Waals surface area (Å²) in [5, 5.41) is 7.29. The van der Waals surface area contributed by atoms with Crippen LogP contribution < -0.4 is 10.9 Å². The molecule has 0 atom stereocenters. The first-order chi connectivity index (χ1) is 12.4. The molecule has 0 aliphatic rings. The van der Waals surface area contributed by atoms with Gasteiger partial charge in [-0.15, -0.1) is 0 Å². The van der Waals surface area contributed by atoms with Gasteiger partial charge < -0.3 is 5.32 Å². The molecule has 2 aromatic carbocycles. The number of hydrogen-bond acceptors (Lipinski definition) is 3. The van der Waals surface area contributed by atoms with Gasteiger partial charge in [0.25, 0.3) is 11.5 Å². The molecule has 0 aliphatic heterocycles. The van der Waals surface area contributed by atoms with Crippen LogP contribution in [0.2, 0.25) is 5.02 Å². The van der Waals surface area contributed by atoms with E-state index in [1.807, 2.05) is 6.92 Å². The zero-order chi connectivity index (χ0) is 18.7. The Kier molecular flexibility index (Phi) is 5.14. The number of amides is 1. The molecule has 0 saturated carbocycles. The monoisotopic (exact) mass is 371 g/mol. The maximum Gasteiger partial charge on any atom is 0.276 e. The number of rotatable bonds is 4. The fraction of sp³-hybridized carbons (Fsp3) is 0.105. The lowest BCUT2D eigenvalue weighted by molar-refractivity contribution is 0.102. The van der Waals surface area contributed by atoms with Crippen molar-refractivity contribution in [3.63, 3.8) is 0 Å². The first kappa shape index (κ1) is 17.8. The Morgan fingerprint density at radius 2 is 2.00 bits per heavy atom. The Balaban J connectivity index is 1.83. The van der Waals surface area contributed by atoms with Crippen molar-refractivity contribution in [3.8, 4) is 0 Å². The van der Waals surface area contributed by atoms with Gasteiger partial charge in [-0.05, 0) is 48.4 Å². The average Bonchev–Trinajstić information content (AvgIpc) is 2.60. The summed E-state index contributed by atoms with van der Waals surface area (Å²) < 4.78 is 14.4. The summed E-state index contributed by atoms with van der Waals surface area (Å²) in [6, 6.07) is 13.6. The van der Waals surface area contributed by atoms with Crippen LogP contribution in [0.5, 0.6) is 0 Å². The summed E-state index contributed by atoms with van der Waals surface area (Å²) in [6.07, 6.45) is 0. The Labute approximate surface area is 154 Å². The lowest BCUT2D eigenvalue weighted by Gasteiger charge is -2.09. The molecule has 3 rings (SSSR count). The molecule has 0 radical (unpaired) electrons. The minimum atomic E-state index is -0.474. The van der Waals surface area contributed by atoms with E-state index in [2.05, 4.69) is 10.4 Å². The second-order valence-corrected chi connectivity index (χ2v) is 6.17. The molecular formula is C19H15ClFN3O2. The van der Waals surface area contributed by atoms with Crippen molar-refractivity contribution in [1.29, 1.82) is 0 Å². The number of nitrogens with zero attached hydrogens (tertiary/aromatic N) is 2. The zero-order valence-electron chi connectivity index (χ0n) is 13.9. The number of halogens is 2. The number of anilines is 1. The molecule has 5 nitrogen and oxygen atoms in total. The molecule has 26 heavy (non-hydrogen) atoms. The van der Waals surface area contributed by atoms with Gasteiger partial charge >= 0.3 is 0 Å². The molecule has 0 fully saturated rings. The van der Waals surface area contributed by atoms with Gasteiger partial charge in [-0.2, -0.15) is 5.10 Å². The first-order valence-electron chi connectivity index (χ1n) is 7.82. The van der Waals surface area contributed by atoms with E-state index in [0.29, 0.717) is 16.3 Å². The van der Waals surface area contributed by atoms with Crippen LogP contribution in [0.3, 0.4) is 0 Å². The van der Waals surface area contributed by atoms with E-state index in [4.69, 9.17) is 11.6 Å². The molecular weight excluding hydrogens is 357 g/mol. The number of carbonyl (C=O) groups excluding carboxylic acids is 1. The molecule has 1 N–H and O–H groups in total. The highest BCUT2D eigenvalue weighted by atomic mass is 35.5. The molecule has 1 amide bonds. The molecule has 1 aromatic heterocycles. The SMILES string of the molecule is Cc1ccc(NC(=O)c2ccc(=O)n(Cc3cccc(F)c3)n2)cc1Cl. The van der Waals surface area contributed by atoms with E-state index >= 15 is 0 Å². The van der Waals surface area contributed by atoms with Crippen LogP contribution in [0.25, 0.3) is 0 Å². The van der Waals surface area contributed by atoms with Crippen molar-refractivity contribution in [2.45, 2.75) is 13.5 Å². The molecule has 3 aromatic rings. The number of hydrogen-bond donors (Lipinski definition) is 1. The highest BCUT2D eigenvalue weighted by Gasteiger charge is 2.11. The van der Waals surface area contributed by atoms with Gasteiger partial charge in [-0.25, -0.2) is 9.07 Å². The van der Waals surface area contributed by atoms with E-state index in [9.17, 15) is 14.0 Å². The first-order valence-corrected chi connectivity index (χ1v) is 8.20. The summed E-state index contributed by atoms with van der Waals surface area (Å²) in [4.78, 5) is 24.4. The minimum Gasteiger partial charge on any atom is -0.321 e. The number of benzene rings is 2. The van der Waals surface area contributed by atoms with Crippen LogP contribution >= 0.6 is 11.6 Å². The maximum absolute atomic E-state index is 13.3. The van der Waals surface area contributed by atoms with Gasteiger partial charge in [-0.3, -0.25) is 9.59 Å². The van der Waals surface area contributed by atoms with Crippen molar-refractivity contribution >= 4 is 23.2 Å². The maximum atomic E-state index is 13.3. The highest BCUT2D eigenvalue weighted by Crippen LogP contribution is 2.20. The second-order valence-electron chi connectivity index (χ2n) is 5.76. The molecule has 0 bridgehead atoms. The number of carbonyl (C=O) groups is 1. The van der Waals surface area contributed by atoms with Crippen LogP contribution in [0.15, 0.2) is 59.4 Å². The zero-order valence-corrected chi connectivity index (χ0v) is 14.6.